The van der Waals surface area contributed by atoms with Gasteiger partial charge in [-0.2, -0.15) is 0 Å². The Labute approximate surface area is 119 Å². The van der Waals surface area contributed by atoms with Crippen LogP contribution < -0.4 is 5.73 Å². The van der Waals surface area contributed by atoms with Crippen molar-refractivity contribution >= 4 is 0 Å². The average molecular weight is 276 g/mol. The molecule has 4 heteroatoms. The van der Waals surface area contributed by atoms with Gasteiger partial charge in [-0.15, -0.1) is 0 Å². The summed E-state index contributed by atoms with van der Waals surface area (Å²) in [6.07, 6.45) is 3.34. The molecule has 0 aromatic heterocycles. The van der Waals surface area contributed by atoms with Gasteiger partial charge in [-0.3, -0.25) is 4.90 Å². The number of aliphatic hydroxyl groups is 1. The van der Waals surface area contributed by atoms with E-state index in [1.54, 1.807) is 12.1 Å². The second-order valence-corrected chi connectivity index (χ2v) is 5.12. The zero-order valence-electron chi connectivity index (χ0n) is 11.6. The van der Waals surface area contributed by atoms with Crippen molar-refractivity contribution in [2.75, 3.05) is 19.7 Å². The summed E-state index contributed by atoms with van der Waals surface area (Å²) in [5.41, 5.74) is 6.73. The van der Waals surface area contributed by atoms with Crippen LogP contribution in [0.3, 0.4) is 0 Å². The Balaban J connectivity index is 2.12. The van der Waals surface area contributed by atoms with Gasteiger partial charge in [0.2, 0.25) is 0 Å². The summed E-state index contributed by atoms with van der Waals surface area (Å²) in [5.74, 6) is 5.12. The Morgan fingerprint density at radius 2 is 2.25 bits per heavy atom. The van der Waals surface area contributed by atoms with Crippen LogP contribution in [0.2, 0.25) is 0 Å². The van der Waals surface area contributed by atoms with Crippen LogP contribution in [0.1, 0.15) is 30.4 Å². The van der Waals surface area contributed by atoms with Gasteiger partial charge in [-0.1, -0.05) is 24.3 Å². The highest BCUT2D eigenvalue weighted by molar-refractivity contribution is 5.38. The van der Waals surface area contributed by atoms with E-state index in [-0.39, 0.29) is 25.0 Å². The van der Waals surface area contributed by atoms with Crippen molar-refractivity contribution in [1.29, 1.82) is 0 Å². The highest BCUT2D eigenvalue weighted by atomic mass is 19.1. The molecule has 0 saturated carbocycles. The van der Waals surface area contributed by atoms with Crippen LogP contribution in [0, 0.1) is 17.7 Å². The van der Waals surface area contributed by atoms with Crippen molar-refractivity contribution in [2.45, 2.75) is 31.8 Å². The number of piperidine rings is 1. The second kappa shape index (κ2) is 7.39. The molecule has 1 aliphatic heterocycles. The zero-order chi connectivity index (χ0) is 14.4. The predicted molar refractivity (Wildman–Crippen MR) is 77.5 cm³/mol. The SMILES string of the molecule is NCC#Cc1cc(CN2CCCCC2CO)ccc1F. The van der Waals surface area contributed by atoms with Crippen LogP contribution in [0.25, 0.3) is 0 Å². The number of nitrogens with two attached hydrogens (primary N) is 1. The summed E-state index contributed by atoms with van der Waals surface area (Å²) in [5, 5.41) is 9.42. The summed E-state index contributed by atoms with van der Waals surface area (Å²) in [4.78, 5) is 2.26. The van der Waals surface area contributed by atoms with Crippen molar-refractivity contribution in [1.82, 2.24) is 4.90 Å². The predicted octanol–water partition coefficient (Wildman–Crippen LogP) is 1.48. The first-order chi connectivity index (χ1) is 9.74. The lowest BCUT2D eigenvalue weighted by molar-refractivity contribution is 0.0841. The monoisotopic (exact) mass is 276 g/mol. The van der Waals surface area contributed by atoms with Crippen molar-refractivity contribution in [2.24, 2.45) is 5.73 Å². The third kappa shape index (κ3) is 3.80. The van der Waals surface area contributed by atoms with Crippen molar-refractivity contribution in [3.63, 3.8) is 0 Å². The fourth-order valence-corrected chi connectivity index (χ4v) is 2.62. The molecule has 2 rings (SSSR count). The van der Waals surface area contributed by atoms with Crippen LogP contribution in [-0.4, -0.2) is 35.7 Å². The Kier molecular flexibility index (Phi) is 5.54. The number of likely N-dealkylation sites (tertiary alicyclic amines) is 1. The van der Waals surface area contributed by atoms with E-state index in [2.05, 4.69) is 16.7 Å². The first-order valence-corrected chi connectivity index (χ1v) is 7.07. The summed E-state index contributed by atoms with van der Waals surface area (Å²) in [6, 6.07) is 5.23. The van der Waals surface area contributed by atoms with Gasteiger partial charge in [-0.25, -0.2) is 4.39 Å². The Hall–Kier alpha value is -1.41. The minimum absolute atomic E-state index is 0.182. The molecular weight excluding hydrogens is 255 g/mol. The highest BCUT2D eigenvalue weighted by Crippen LogP contribution is 2.20. The van der Waals surface area contributed by atoms with Crippen molar-refractivity contribution in [3.05, 3.63) is 35.1 Å². The molecule has 0 radical (unpaired) electrons. The maximum atomic E-state index is 13.6. The number of aliphatic hydroxyl groups excluding tert-OH is 1. The zero-order valence-corrected chi connectivity index (χ0v) is 11.6. The molecular formula is C16H21FN2O. The van der Waals surface area contributed by atoms with E-state index < -0.39 is 0 Å². The van der Waals surface area contributed by atoms with E-state index in [1.807, 2.05) is 0 Å². The van der Waals surface area contributed by atoms with Crippen LogP contribution in [0.15, 0.2) is 18.2 Å². The molecule has 3 nitrogen and oxygen atoms in total. The fraction of sp³-hybridized carbons (Fsp3) is 0.500. The van der Waals surface area contributed by atoms with Gasteiger partial charge in [0.25, 0.3) is 0 Å². The highest BCUT2D eigenvalue weighted by Gasteiger charge is 2.21. The summed E-state index contributed by atoms with van der Waals surface area (Å²) in [7, 11) is 0. The summed E-state index contributed by atoms with van der Waals surface area (Å²) in [6.45, 7) is 2.11. The standard InChI is InChI=1S/C16H21FN2O/c17-16-7-6-13(10-14(16)4-3-8-18)11-19-9-2-1-5-15(19)12-20/h6-7,10,15,20H,1-2,5,8-9,11-12,18H2. The molecule has 0 aliphatic carbocycles. The minimum atomic E-state index is -0.313. The maximum Gasteiger partial charge on any atom is 0.138 e. The van der Waals surface area contributed by atoms with Gasteiger partial charge in [-0.05, 0) is 37.1 Å². The van der Waals surface area contributed by atoms with E-state index in [4.69, 9.17) is 5.73 Å². The first-order valence-electron chi connectivity index (χ1n) is 7.07. The molecule has 1 aromatic rings. The molecule has 108 valence electrons. The van der Waals surface area contributed by atoms with Crippen LogP contribution in [0.5, 0.6) is 0 Å². The number of hydrogen-bond donors (Lipinski definition) is 2. The van der Waals surface area contributed by atoms with Crippen LogP contribution >= 0.6 is 0 Å². The number of hydrogen-bond acceptors (Lipinski definition) is 3. The molecule has 1 saturated heterocycles. The average Bonchev–Trinajstić information content (AvgIpc) is 2.48. The Morgan fingerprint density at radius 1 is 1.40 bits per heavy atom. The largest absolute Gasteiger partial charge is 0.395 e. The van der Waals surface area contributed by atoms with Crippen molar-refractivity contribution < 1.29 is 9.50 Å². The molecule has 20 heavy (non-hydrogen) atoms. The first kappa shape index (κ1) is 15.0. The molecule has 3 N–H and O–H groups in total. The molecule has 1 atom stereocenters. The molecule has 0 amide bonds. The second-order valence-electron chi connectivity index (χ2n) is 5.12. The van der Waals surface area contributed by atoms with Crippen LogP contribution in [-0.2, 0) is 6.54 Å². The molecule has 0 bridgehead atoms. The van der Waals surface area contributed by atoms with E-state index in [0.717, 1.165) is 31.5 Å². The smallest absolute Gasteiger partial charge is 0.138 e. The third-order valence-corrected chi connectivity index (χ3v) is 3.70. The van der Waals surface area contributed by atoms with Crippen molar-refractivity contribution in [3.8, 4) is 11.8 Å². The maximum absolute atomic E-state index is 13.6. The van der Waals surface area contributed by atoms with E-state index in [0.29, 0.717) is 5.56 Å². The molecule has 1 fully saturated rings. The molecule has 0 spiro atoms. The lowest BCUT2D eigenvalue weighted by Gasteiger charge is -2.34. The van der Waals surface area contributed by atoms with Gasteiger partial charge < -0.3 is 10.8 Å². The van der Waals surface area contributed by atoms with E-state index in [9.17, 15) is 9.50 Å². The number of rotatable bonds is 3. The van der Waals surface area contributed by atoms with E-state index >= 15 is 0 Å². The summed E-state index contributed by atoms with van der Waals surface area (Å²) < 4.78 is 13.6. The normalized spacial score (nSPS) is 19.4. The molecule has 1 aromatic carbocycles. The Bertz CT molecular complexity index is 507. The van der Waals surface area contributed by atoms with Gasteiger partial charge in [0, 0.05) is 12.6 Å². The summed E-state index contributed by atoms with van der Waals surface area (Å²) >= 11 is 0. The minimum Gasteiger partial charge on any atom is -0.395 e. The molecule has 1 unspecified atom stereocenters. The number of nitrogens with zero attached hydrogens (tertiary/aromatic N) is 1. The number of halogens is 1. The van der Waals surface area contributed by atoms with Crippen LogP contribution in [0.4, 0.5) is 4.39 Å². The molecule has 1 heterocycles. The quantitative estimate of drug-likeness (QED) is 0.822. The topological polar surface area (TPSA) is 49.5 Å². The van der Waals surface area contributed by atoms with Gasteiger partial charge in [0.1, 0.15) is 5.82 Å². The fourth-order valence-electron chi connectivity index (χ4n) is 2.62. The van der Waals surface area contributed by atoms with Gasteiger partial charge >= 0.3 is 0 Å². The lowest BCUT2D eigenvalue weighted by atomic mass is 10.0. The lowest BCUT2D eigenvalue weighted by Crippen LogP contribution is -2.41. The molecule has 1 aliphatic rings. The van der Waals surface area contributed by atoms with E-state index in [1.165, 1.54) is 12.5 Å². The Morgan fingerprint density at radius 3 is 3.00 bits per heavy atom. The number of benzene rings is 1. The third-order valence-electron chi connectivity index (χ3n) is 3.70. The van der Waals surface area contributed by atoms with Gasteiger partial charge in [0.15, 0.2) is 0 Å². The van der Waals surface area contributed by atoms with Gasteiger partial charge in [0.05, 0.1) is 18.7 Å².